The van der Waals surface area contributed by atoms with Gasteiger partial charge in [-0.3, -0.25) is 4.98 Å². The predicted octanol–water partition coefficient (Wildman–Crippen LogP) is 13.0. The molecule has 0 aliphatic heterocycles. The van der Waals surface area contributed by atoms with Crippen LogP contribution < -0.4 is 0 Å². The first-order valence-electron chi connectivity index (χ1n) is 17.1. The van der Waals surface area contributed by atoms with Crippen molar-refractivity contribution in [3.8, 4) is 44.5 Å². The summed E-state index contributed by atoms with van der Waals surface area (Å²) in [5, 5.41) is 9.87. The third kappa shape index (κ3) is 4.15. The molecule has 1 heteroatoms. The molecule has 0 N–H and O–H groups in total. The van der Waals surface area contributed by atoms with Crippen molar-refractivity contribution in [1.29, 1.82) is 0 Å². The SMILES string of the molecule is CC1(C)c2ccccc2-c2ccc(-c3c4cc(-c5ccc6ccccc6c5)ccc4c(-c4cccc5ccccc45)c4cnccc34)cc21. The van der Waals surface area contributed by atoms with Crippen LogP contribution >= 0.6 is 0 Å². The van der Waals surface area contributed by atoms with Crippen molar-refractivity contribution in [3.05, 3.63) is 175 Å². The number of hydrogen-bond donors (Lipinski definition) is 0. The normalized spacial score (nSPS) is 13.3. The maximum Gasteiger partial charge on any atom is 0.0353 e. The third-order valence-corrected chi connectivity index (χ3v) is 10.9. The van der Waals surface area contributed by atoms with E-state index in [2.05, 4.69) is 172 Å². The Hall–Kier alpha value is -6.05. The molecule has 1 nitrogen and oxygen atoms in total. The van der Waals surface area contributed by atoms with Crippen LogP contribution in [0.1, 0.15) is 25.0 Å². The predicted molar refractivity (Wildman–Crippen MR) is 208 cm³/mol. The van der Waals surface area contributed by atoms with E-state index in [1.165, 1.54) is 98.7 Å². The highest BCUT2D eigenvalue weighted by Crippen LogP contribution is 2.51. The average Bonchev–Trinajstić information content (AvgIpc) is 3.38. The molecule has 1 heterocycles. The number of benzene rings is 8. The Kier molecular flexibility index (Phi) is 5.99. The second kappa shape index (κ2) is 10.5. The lowest BCUT2D eigenvalue weighted by molar-refractivity contribution is 0.660. The second-order valence-corrected chi connectivity index (χ2v) is 14.0. The lowest BCUT2D eigenvalue weighted by atomic mass is 9.80. The molecule has 0 radical (unpaired) electrons. The molecule has 49 heavy (non-hydrogen) atoms. The quantitative estimate of drug-likeness (QED) is 0.178. The van der Waals surface area contributed by atoms with E-state index >= 15 is 0 Å². The van der Waals surface area contributed by atoms with Crippen molar-refractivity contribution in [2.75, 3.05) is 0 Å². The first-order valence-corrected chi connectivity index (χ1v) is 17.1. The Morgan fingerprint density at radius 2 is 1.06 bits per heavy atom. The molecule has 0 fully saturated rings. The molecular formula is C48H33N. The molecule has 0 saturated carbocycles. The molecule has 0 saturated heterocycles. The number of pyridine rings is 1. The van der Waals surface area contributed by atoms with Gasteiger partial charge >= 0.3 is 0 Å². The summed E-state index contributed by atoms with van der Waals surface area (Å²) in [4.78, 5) is 4.72. The van der Waals surface area contributed by atoms with E-state index in [0.29, 0.717) is 0 Å². The van der Waals surface area contributed by atoms with Crippen LogP contribution in [0.5, 0.6) is 0 Å². The maximum absolute atomic E-state index is 4.72. The topological polar surface area (TPSA) is 12.9 Å². The summed E-state index contributed by atoms with van der Waals surface area (Å²) in [5.41, 5.74) is 12.8. The summed E-state index contributed by atoms with van der Waals surface area (Å²) >= 11 is 0. The average molecular weight is 624 g/mol. The van der Waals surface area contributed by atoms with Crippen molar-refractivity contribution >= 4 is 43.1 Å². The first-order chi connectivity index (χ1) is 24.1. The van der Waals surface area contributed by atoms with Crippen LogP contribution in [0.2, 0.25) is 0 Å². The molecule has 0 unspecified atom stereocenters. The standard InChI is InChI=1S/C48H33N/c1-48(2)44-17-8-7-15-37(44)38-22-21-35(28-45(38)48)46-41-24-25-49-29-43(41)47(39-16-9-13-31-11-5-6-14-36(31)39)40-23-20-34(27-42(40)46)33-19-18-30-10-3-4-12-32(30)26-33/h3-29H,1-2H3. The van der Waals surface area contributed by atoms with Crippen molar-refractivity contribution < 1.29 is 0 Å². The summed E-state index contributed by atoms with van der Waals surface area (Å²) < 4.78 is 0. The van der Waals surface area contributed by atoms with Crippen LogP contribution in [0, 0.1) is 0 Å². The lowest BCUT2D eigenvalue weighted by Gasteiger charge is -2.23. The molecule has 0 atom stereocenters. The van der Waals surface area contributed by atoms with Crippen LogP contribution in [0.25, 0.3) is 87.6 Å². The van der Waals surface area contributed by atoms with Crippen LogP contribution in [0.4, 0.5) is 0 Å². The van der Waals surface area contributed by atoms with Gasteiger partial charge in [0.2, 0.25) is 0 Å². The van der Waals surface area contributed by atoms with E-state index in [-0.39, 0.29) is 5.41 Å². The highest BCUT2D eigenvalue weighted by Gasteiger charge is 2.35. The third-order valence-electron chi connectivity index (χ3n) is 10.9. The number of hydrogen-bond acceptors (Lipinski definition) is 1. The summed E-state index contributed by atoms with van der Waals surface area (Å²) in [5.74, 6) is 0. The van der Waals surface area contributed by atoms with Gasteiger partial charge in [0.1, 0.15) is 0 Å². The van der Waals surface area contributed by atoms with E-state index < -0.39 is 0 Å². The molecule has 10 rings (SSSR count). The molecule has 1 aliphatic rings. The van der Waals surface area contributed by atoms with Crippen molar-refractivity contribution in [1.82, 2.24) is 4.98 Å². The molecule has 1 aromatic heterocycles. The number of rotatable bonds is 3. The van der Waals surface area contributed by atoms with Gasteiger partial charge in [-0.15, -0.1) is 0 Å². The van der Waals surface area contributed by atoms with Gasteiger partial charge in [-0.05, 0) is 118 Å². The fourth-order valence-electron chi connectivity index (χ4n) is 8.52. The Balaban J connectivity index is 1.31. The minimum absolute atomic E-state index is 0.0890. The van der Waals surface area contributed by atoms with Gasteiger partial charge in [-0.1, -0.05) is 141 Å². The van der Waals surface area contributed by atoms with Crippen LogP contribution in [0.15, 0.2) is 164 Å². The van der Waals surface area contributed by atoms with Gasteiger partial charge < -0.3 is 0 Å². The van der Waals surface area contributed by atoms with E-state index in [0.717, 1.165) is 0 Å². The zero-order chi connectivity index (χ0) is 32.7. The second-order valence-electron chi connectivity index (χ2n) is 14.0. The smallest absolute Gasteiger partial charge is 0.0353 e. The Morgan fingerprint density at radius 3 is 1.98 bits per heavy atom. The minimum Gasteiger partial charge on any atom is -0.264 e. The van der Waals surface area contributed by atoms with Gasteiger partial charge in [-0.25, -0.2) is 0 Å². The summed E-state index contributed by atoms with van der Waals surface area (Å²) in [6, 6.07) is 56.1. The fraction of sp³-hybridized carbons (Fsp3) is 0.0625. The van der Waals surface area contributed by atoms with Crippen molar-refractivity contribution in [3.63, 3.8) is 0 Å². The molecule has 230 valence electrons. The van der Waals surface area contributed by atoms with Gasteiger partial charge in [0, 0.05) is 23.2 Å². The first kappa shape index (κ1) is 28.0. The van der Waals surface area contributed by atoms with Crippen LogP contribution in [0.3, 0.4) is 0 Å². The Morgan fingerprint density at radius 1 is 0.388 bits per heavy atom. The number of nitrogens with zero attached hydrogens (tertiary/aromatic N) is 1. The zero-order valence-corrected chi connectivity index (χ0v) is 27.5. The monoisotopic (exact) mass is 623 g/mol. The molecule has 0 spiro atoms. The lowest BCUT2D eigenvalue weighted by Crippen LogP contribution is -2.14. The van der Waals surface area contributed by atoms with Crippen molar-refractivity contribution in [2.24, 2.45) is 0 Å². The molecule has 0 amide bonds. The Bertz CT molecular complexity index is 2800. The van der Waals surface area contributed by atoms with E-state index in [4.69, 9.17) is 4.98 Å². The van der Waals surface area contributed by atoms with E-state index in [1.54, 1.807) is 0 Å². The molecule has 8 aromatic carbocycles. The number of aromatic nitrogens is 1. The highest BCUT2D eigenvalue weighted by molar-refractivity contribution is 6.24. The van der Waals surface area contributed by atoms with E-state index in [1.807, 2.05) is 6.20 Å². The van der Waals surface area contributed by atoms with Gasteiger partial charge in [0.05, 0.1) is 0 Å². The van der Waals surface area contributed by atoms with E-state index in [9.17, 15) is 0 Å². The van der Waals surface area contributed by atoms with Crippen molar-refractivity contribution in [2.45, 2.75) is 19.3 Å². The van der Waals surface area contributed by atoms with Gasteiger partial charge in [0.15, 0.2) is 0 Å². The highest BCUT2D eigenvalue weighted by atomic mass is 14.6. The molecular weight excluding hydrogens is 591 g/mol. The summed E-state index contributed by atoms with van der Waals surface area (Å²) in [6.45, 7) is 4.73. The van der Waals surface area contributed by atoms with Crippen LogP contribution in [-0.4, -0.2) is 4.98 Å². The molecule has 1 aliphatic carbocycles. The number of fused-ring (bicyclic) bond motifs is 7. The minimum atomic E-state index is -0.0890. The van der Waals surface area contributed by atoms with Gasteiger partial charge in [-0.2, -0.15) is 0 Å². The largest absolute Gasteiger partial charge is 0.264 e. The summed E-state index contributed by atoms with van der Waals surface area (Å²) in [7, 11) is 0. The fourth-order valence-corrected chi connectivity index (χ4v) is 8.52. The molecule has 0 bridgehead atoms. The zero-order valence-electron chi connectivity index (χ0n) is 27.5. The molecule has 9 aromatic rings. The van der Waals surface area contributed by atoms with Crippen LogP contribution in [-0.2, 0) is 5.41 Å². The van der Waals surface area contributed by atoms with Gasteiger partial charge in [0.25, 0.3) is 0 Å². The maximum atomic E-state index is 4.72. The summed E-state index contributed by atoms with van der Waals surface area (Å²) in [6.07, 6.45) is 4.02. The Labute approximate surface area is 286 Å².